The largest absolute Gasteiger partial charge is 0.379 e. The summed E-state index contributed by atoms with van der Waals surface area (Å²) in [5, 5.41) is 8.80. The topological polar surface area (TPSA) is 63.6 Å². The van der Waals surface area contributed by atoms with Crippen molar-refractivity contribution in [2.45, 2.75) is 25.9 Å². The predicted octanol–water partition coefficient (Wildman–Crippen LogP) is 2.97. The number of hydrogen-bond acceptors (Lipinski definition) is 5. The number of carbonyl (C=O) groups is 1. The lowest BCUT2D eigenvalue weighted by Crippen LogP contribution is -2.40. The molecule has 3 heterocycles. The highest BCUT2D eigenvalue weighted by molar-refractivity contribution is 7.12. The van der Waals surface area contributed by atoms with E-state index in [0.717, 1.165) is 16.2 Å². The highest BCUT2D eigenvalue weighted by Crippen LogP contribution is 2.29. The molecule has 0 spiro atoms. The summed E-state index contributed by atoms with van der Waals surface area (Å²) in [7, 11) is 0. The Bertz CT molecular complexity index is 679. The molecule has 6 heteroatoms. The van der Waals surface area contributed by atoms with Gasteiger partial charge in [0.15, 0.2) is 0 Å². The number of aromatic nitrogens is 1. The molecular weight excluding hydrogens is 286 g/mol. The second-order valence-electron chi connectivity index (χ2n) is 5.19. The van der Waals surface area contributed by atoms with Crippen LogP contribution >= 0.6 is 11.3 Å². The minimum Gasteiger partial charge on any atom is -0.379 e. The van der Waals surface area contributed by atoms with E-state index in [0.29, 0.717) is 12.2 Å². The van der Waals surface area contributed by atoms with Crippen molar-refractivity contribution in [3.63, 3.8) is 0 Å². The Kier molecular flexibility index (Phi) is 3.47. The summed E-state index contributed by atoms with van der Waals surface area (Å²) in [6.45, 7) is 3.68. The van der Waals surface area contributed by atoms with E-state index in [1.807, 2.05) is 30.5 Å². The van der Waals surface area contributed by atoms with Crippen LogP contribution in [0.4, 0.5) is 5.82 Å². The summed E-state index contributed by atoms with van der Waals surface area (Å²) in [4.78, 5) is 23.0. The van der Waals surface area contributed by atoms with Gasteiger partial charge in [0.1, 0.15) is 11.5 Å². The van der Waals surface area contributed by atoms with Crippen molar-refractivity contribution in [2.75, 3.05) is 5.32 Å². The van der Waals surface area contributed by atoms with E-state index >= 15 is 0 Å². The number of hydrogen-bond donors (Lipinski definition) is 1. The van der Waals surface area contributed by atoms with Crippen molar-refractivity contribution in [1.29, 1.82) is 0 Å². The fraction of sp³-hybridized carbons (Fsp3) is 0.267. The number of nitrogens with zero attached hydrogens (tertiary/aromatic N) is 2. The average Bonchev–Trinajstić information content (AvgIpc) is 3.11. The van der Waals surface area contributed by atoms with Gasteiger partial charge in [0.25, 0.3) is 5.91 Å². The molecule has 108 valence electrons. The summed E-state index contributed by atoms with van der Waals surface area (Å²) in [6.07, 6.45) is 2.16. The van der Waals surface area contributed by atoms with Crippen LogP contribution in [-0.2, 0) is 9.63 Å². The molecule has 0 aromatic carbocycles. The van der Waals surface area contributed by atoms with Gasteiger partial charge in [0.2, 0.25) is 5.60 Å². The normalized spacial score (nSPS) is 20.8. The minimum atomic E-state index is -0.994. The van der Waals surface area contributed by atoms with Gasteiger partial charge in [-0.25, -0.2) is 4.98 Å². The van der Waals surface area contributed by atoms with Gasteiger partial charge in [0, 0.05) is 12.6 Å². The van der Waals surface area contributed by atoms with Crippen LogP contribution in [0.1, 0.15) is 23.8 Å². The first-order valence-electron chi connectivity index (χ1n) is 6.60. The molecule has 0 unspecified atom stereocenters. The Balaban J connectivity index is 1.69. The van der Waals surface area contributed by atoms with E-state index in [4.69, 9.17) is 4.84 Å². The van der Waals surface area contributed by atoms with Gasteiger partial charge in [-0.2, -0.15) is 0 Å². The van der Waals surface area contributed by atoms with Crippen molar-refractivity contribution in [1.82, 2.24) is 4.98 Å². The predicted molar refractivity (Wildman–Crippen MR) is 82.6 cm³/mol. The van der Waals surface area contributed by atoms with Gasteiger partial charge in [0.05, 0.1) is 4.88 Å². The molecule has 0 aliphatic carbocycles. The number of oxime groups is 1. The Morgan fingerprint density at radius 3 is 2.95 bits per heavy atom. The zero-order valence-electron chi connectivity index (χ0n) is 11.8. The molecule has 0 fully saturated rings. The van der Waals surface area contributed by atoms with Crippen molar-refractivity contribution in [3.8, 4) is 0 Å². The summed E-state index contributed by atoms with van der Waals surface area (Å²) in [5.41, 5.74) is 0.852. The summed E-state index contributed by atoms with van der Waals surface area (Å²) >= 11 is 1.58. The van der Waals surface area contributed by atoms with Crippen LogP contribution in [0.3, 0.4) is 0 Å². The highest BCUT2D eigenvalue weighted by Gasteiger charge is 2.42. The van der Waals surface area contributed by atoms with E-state index in [9.17, 15) is 4.79 Å². The van der Waals surface area contributed by atoms with Crippen LogP contribution in [0.2, 0.25) is 0 Å². The van der Waals surface area contributed by atoms with E-state index in [1.54, 1.807) is 30.5 Å². The smallest absolute Gasteiger partial charge is 0.272 e. The van der Waals surface area contributed by atoms with Gasteiger partial charge >= 0.3 is 0 Å². The fourth-order valence-electron chi connectivity index (χ4n) is 2.03. The van der Waals surface area contributed by atoms with E-state index in [-0.39, 0.29) is 5.91 Å². The maximum Gasteiger partial charge on any atom is 0.272 e. The Labute approximate surface area is 126 Å². The van der Waals surface area contributed by atoms with Crippen molar-refractivity contribution < 1.29 is 9.63 Å². The van der Waals surface area contributed by atoms with Gasteiger partial charge in [-0.1, -0.05) is 17.3 Å². The number of thiophene rings is 1. The van der Waals surface area contributed by atoms with Gasteiger partial charge in [-0.05, 0) is 36.9 Å². The first kappa shape index (κ1) is 13.8. The standard InChI is InChI=1S/C15H15N3O2S/c1-10-5-6-13(16-9-10)17-14(19)15(2)8-11(18-20-15)12-4-3-7-21-12/h3-7,9H,8H2,1-2H3,(H,16,17,19)/t15-/m1/s1. The highest BCUT2D eigenvalue weighted by atomic mass is 32.1. The summed E-state index contributed by atoms with van der Waals surface area (Å²) < 4.78 is 0. The third-order valence-corrected chi connectivity index (χ3v) is 4.22. The first-order chi connectivity index (χ1) is 10.1. The van der Waals surface area contributed by atoms with E-state index in [1.165, 1.54) is 0 Å². The maximum atomic E-state index is 12.4. The average molecular weight is 301 g/mol. The van der Waals surface area contributed by atoms with Crippen LogP contribution in [0.15, 0.2) is 41.0 Å². The number of carbonyl (C=O) groups excluding carboxylic acids is 1. The van der Waals surface area contributed by atoms with Crippen LogP contribution in [-0.4, -0.2) is 22.2 Å². The summed E-state index contributed by atoms with van der Waals surface area (Å²) in [5.74, 6) is 0.272. The molecule has 3 rings (SSSR count). The molecule has 0 saturated carbocycles. The maximum absolute atomic E-state index is 12.4. The van der Waals surface area contributed by atoms with Crippen molar-refractivity contribution in [2.24, 2.45) is 5.16 Å². The lowest BCUT2D eigenvalue weighted by atomic mass is 9.98. The second kappa shape index (κ2) is 5.29. The number of nitrogens with one attached hydrogen (secondary N) is 1. The number of pyridine rings is 1. The Hall–Kier alpha value is -2.21. The third-order valence-electron chi connectivity index (χ3n) is 3.30. The number of rotatable bonds is 3. The lowest BCUT2D eigenvalue weighted by molar-refractivity contribution is -0.135. The Morgan fingerprint density at radius 1 is 1.43 bits per heavy atom. The SMILES string of the molecule is Cc1ccc(NC(=O)[C@@]2(C)CC(c3cccs3)=NO2)nc1. The molecule has 1 aliphatic rings. The molecule has 1 atom stereocenters. The van der Waals surface area contributed by atoms with E-state index in [2.05, 4.69) is 15.5 Å². The van der Waals surface area contributed by atoms with Gasteiger partial charge in [-0.15, -0.1) is 11.3 Å². The molecule has 5 nitrogen and oxygen atoms in total. The van der Waals surface area contributed by atoms with Gasteiger partial charge in [-0.3, -0.25) is 4.79 Å². The van der Waals surface area contributed by atoms with Gasteiger partial charge < -0.3 is 10.2 Å². The number of amides is 1. The molecule has 0 bridgehead atoms. The quantitative estimate of drug-likeness (QED) is 0.948. The van der Waals surface area contributed by atoms with Crippen molar-refractivity contribution >= 4 is 28.8 Å². The van der Waals surface area contributed by atoms with Crippen LogP contribution in [0, 0.1) is 6.92 Å². The molecule has 2 aromatic heterocycles. The monoisotopic (exact) mass is 301 g/mol. The molecule has 0 saturated heterocycles. The van der Waals surface area contributed by atoms with Crippen LogP contribution in [0.25, 0.3) is 0 Å². The van der Waals surface area contributed by atoms with E-state index < -0.39 is 5.60 Å². The van der Waals surface area contributed by atoms with Crippen LogP contribution < -0.4 is 5.32 Å². The second-order valence-corrected chi connectivity index (χ2v) is 6.14. The van der Waals surface area contributed by atoms with Crippen molar-refractivity contribution in [3.05, 3.63) is 46.3 Å². The zero-order chi connectivity index (χ0) is 14.9. The molecule has 21 heavy (non-hydrogen) atoms. The molecule has 1 aliphatic heterocycles. The third kappa shape index (κ3) is 2.80. The number of aryl methyl sites for hydroxylation is 1. The molecule has 1 amide bonds. The van der Waals surface area contributed by atoms with Crippen LogP contribution in [0.5, 0.6) is 0 Å². The first-order valence-corrected chi connectivity index (χ1v) is 7.48. The zero-order valence-corrected chi connectivity index (χ0v) is 12.6. The number of anilines is 1. The fourth-order valence-corrected chi connectivity index (χ4v) is 2.73. The molecule has 2 aromatic rings. The lowest BCUT2D eigenvalue weighted by Gasteiger charge is -2.19. The minimum absolute atomic E-state index is 0.242. The molecule has 0 radical (unpaired) electrons. The molecule has 1 N–H and O–H groups in total. The summed E-state index contributed by atoms with van der Waals surface area (Å²) in [6, 6.07) is 7.59. The molecular formula is C15H15N3O2S. The Morgan fingerprint density at radius 2 is 2.29 bits per heavy atom.